The van der Waals surface area contributed by atoms with Gasteiger partial charge in [-0.3, -0.25) is 4.79 Å². The number of halogens is 1. The second-order valence-electron chi connectivity index (χ2n) is 4.74. The molecule has 0 bridgehead atoms. The Labute approximate surface area is 128 Å². The zero-order valence-electron chi connectivity index (χ0n) is 12.0. The number of methoxy groups -OCH3 is 2. The molecule has 0 saturated carbocycles. The number of hydrogen-bond donors (Lipinski definition) is 2. The van der Waals surface area contributed by atoms with E-state index in [4.69, 9.17) is 31.5 Å². The van der Waals surface area contributed by atoms with E-state index < -0.39 is 6.10 Å². The third-order valence-corrected chi connectivity index (χ3v) is 3.69. The van der Waals surface area contributed by atoms with E-state index in [9.17, 15) is 4.79 Å². The van der Waals surface area contributed by atoms with Gasteiger partial charge in [-0.25, -0.2) is 0 Å². The van der Waals surface area contributed by atoms with Crippen LogP contribution in [0.4, 0.5) is 5.69 Å². The van der Waals surface area contributed by atoms with Crippen molar-refractivity contribution in [1.82, 2.24) is 0 Å². The lowest BCUT2D eigenvalue weighted by Gasteiger charge is -2.16. The van der Waals surface area contributed by atoms with Crippen LogP contribution in [0.15, 0.2) is 12.1 Å². The lowest BCUT2D eigenvalue weighted by molar-refractivity contribution is -0.126. The van der Waals surface area contributed by atoms with E-state index in [-0.39, 0.29) is 12.0 Å². The molecule has 6 nitrogen and oxygen atoms in total. The summed E-state index contributed by atoms with van der Waals surface area (Å²) in [5, 5.41) is 3.19. The summed E-state index contributed by atoms with van der Waals surface area (Å²) in [7, 11) is 3.01. The van der Waals surface area contributed by atoms with Crippen LogP contribution in [0.5, 0.6) is 11.5 Å². The molecule has 0 aromatic heterocycles. The Hall–Kier alpha value is -1.50. The van der Waals surface area contributed by atoms with E-state index in [1.54, 1.807) is 12.1 Å². The maximum Gasteiger partial charge on any atom is 0.253 e. The van der Waals surface area contributed by atoms with Crippen molar-refractivity contribution in [2.24, 2.45) is 5.73 Å². The molecule has 0 radical (unpaired) electrons. The second kappa shape index (κ2) is 6.98. The van der Waals surface area contributed by atoms with Gasteiger partial charge in [0, 0.05) is 18.7 Å². The number of anilines is 1. The van der Waals surface area contributed by atoms with E-state index in [1.807, 2.05) is 0 Å². The van der Waals surface area contributed by atoms with E-state index in [1.165, 1.54) is 14.2 Å². The van der Waals surface area contributed by atoms with E-state index in [0.717, 1.165) is 6.42 Å². The van der Waals surface area contributed by atoms with E-state index in [0.29, 0.717) is 35.2 Å². The van der Waals surface area contributed by atoms with Gasteiger partial charge >= 0.3 is 0 Å². The Kier molecular flexibility index (Phi) is 5.27. The first kappa shape index (κ1) is 15.9. The second-order valence-corrected chi connectivity index (χ2v) is 5.14. The van der Waals surface area contributed by atoms with Crippen molar-refractivity contribution < 1.29 is 19.0 Å². The molecule has 116 valence electrons. The molecule has 1 heterocycles. The smallest absolute Gasteiger partial charge is 0.253 e. The highest BCUT2D eigenvalue weighted by Gasteiger charge is 2.30. The standard InChI is InChI=1S/C14H19ClN2O4/c1-19-12-6-10(13(20-2)5-9(12)15)17-14(18)11-4-3-8(7-16)21-11/h5-6,8,11H,3-4,7,16H2,1-2H3,(H,17,18)/t8-,11+/m1/s1. The van der Waals surface area contributed by atoms with Gasteiger partial charge in [-0.15, -0.1) is 0 Å². The topological polar surface area (TPSA) is 82.8 Å². The van der Waals surface area contributed by atoms with Gasteiger partial charge in [0.25, 0.3) is 5.91 Å². The number of carbonyl (C=O) groups excluding carboxylic acids is 1. The monoisotopic (exact) mass is 314 g/mol. The number of nitrogens with one attached hydrogen (secondary N) is 1. The van der Waals surface area contributed by atoms with Crippen LogP contribution in [0.25, 0.3) is 0 Å². The first-order valence-electron chi connectivity index (χ1n) is 6.67. The van der Waals surface area contributed by atoms with Crippen LogP contribution >= 0.6 is 11.6 Å². The molecule has 1 saturated heterocycles. The van der Waals surface area contributed by atoms with E-state index in [2.05, 4.69) is 5.32 Å². The highest BCUT2D eigenvalue weighted by Crippen LogP contribution is 2.36. The van der Waals surface area contributed by atoms with Crippen molar-refractivity contribution in [2.75, 3.05) is 26.1 Å². The number of amides is 1. The molecule has 1 fully saturated rings. The van der Waals surface area contributed by atoms with Crippen LogP contribution in [-0.4, -0.2) is 38.9 Å². The summed E-state index contributed by atoms with van der Waals surface area (Å²) < 4.78 is 15.9. The number of ether oxygens (including phenoxy) is 3. The summed E-state index contributed by atoms with van der Waals surface area (Å²) in [4.78, 5) is 12.2. The van der Waals surface area contributed by atoms with Crippen LogP contribution in [0.2, 0.25) is 5.02 Å². The van der Waals surface area contributed by atoms with Crippen molar-refractivity contribution in [3.63, 3.8) is 0 Å². The number of rotatable bonds is 5. The zero-order chi connectivity index (χ0) is 15.4. The molecular formula is C14H19ClN2O4. The largest absolute Gasteiger partial charge is 0.495 e. The number of carbonyl (C=O) groups is 1. The van der Waals surface area contributed by atoms with Gasteiger partial charge in [0.05, 0.1) is 31.0 Å². The fourth-order valence-corrected chi connectivity index (χ4v) is 2.47. The predicted molar refractivity (Wildman–Crippen MR) is 80.1 cm³/mol. The molecule has 0 aliphatic carbocycles. The Morgan fingerprint density at radius 3 is 2.67 bits per heavy atom. The molecule has 1 aliphatic rings. The average molecular weight is 315 g/mol. The summed E-state index contributed by atoms with van der Waals surface area (Å²) in [6.07, 6.45) is 0.892. The van der Waals surface area contributed by atoms with Gasteiger partial charge in [-0.1, -0.05) is 11.6 Å². The van der Waals surface area contributed by atoms with Gasteiger partial charge in [-0.2, -0.15) is 0 Å². The summed E-state index contributed by atoms with van der Waals surface area (Å²) in [6.45, 7) is 0.419. The molecule has 3 N–H and O–H groups in total. The third-order valence-electron chi connectivity index (χ3n) is 3.39. The van der Waals surface area contributed by atoms with Crippen molar-refractivity contribution in [1.29, 1.82) is 0 Å². The lowest BCUT2D eigenvalue weighted by Crippen LogP contribution is -2.29. The average Bonchev–Trinajstić information content (AvgIpc) is 2.97. The molecule has 0 spiro atoms. The SMILES string of the molecule is COc1cc(NC(=O)[C@@H]2CC[C@H](CN)O2)c(OC)cc1Cl. The Balaban J connectivity index is 2.13. The molecule has 1 amide bonds. The molecule has 2 rings (SSSR count). The fraction of sp³-hybridized carbons (Fsp3) is 0.500. The van der Waals surface area contributed by atoms with Crippen molar-refractivity contribution in [3.05, 3.63) is 17.2 Å². The predicted octanol–water partition coefficient (Wildman–Crippen LogP) is 1.80. The van der Waals surface area contributed by atoms with Crippen LogP contribution in [0.1, 0.15) is 12.8 Å². The minimum atomic E-state index is -0.495. The number of benzene rings is 1. The highest BCUT2D eigenvalue weighted by atomic mass is 35.5. The van der Waals surface area contributed by atoms with Crippen LogP contribution in [0.3, 0.4) is 0 Å². The van der Waals surface area contributed by atoms with Gasteiger partial charge in [0.15, 0.2) is 0 Å². The zero-order valence-corrected chi connectivity index (χ0v) is 12.8. The molecule has 7 heteroatoms. The molecule has 21 heavy (non-hydrogen) atoms. The third kappa shape index (κ3) is 3.58. The summed E-state index contributed by atoms with van der Waals surface area (Å²) in [5.74, 6) is 0.691. The number of nitrogens with two attached hydrogens (primary N) is 1. The van der Waals surface area contributed by atoms with Gasteiger partial charge in [-0.05, 0) is 12.8 Å². The lowest BCUT2D eigenvalue weighted by atomic mass is 10.2. The molecule has 0 unspecified atom stereocenters. The van der Waals surface area contributed by atoms with Gasteiger partial charge in [0.2, 0.25) is 0 Å². The Bertz CT molecular complexity index is 524. The molecule has 1 aromatic rings. The van der Waals surface area contributed by atoms with Crippen molar-refractivity contribution in [3.8, 4) is 11.5 Å². The summed E-state index contributed by atoms with van der Waals surface area (Å²) in [5.41, 5.74) is 6.03. The Morgan fingerprint density at radius 2 is 2.10 bits per heavy atom. The van der Waals surface area contributed by atoms with Crippen molar-refractivity contribution in [2.45, 2.75) is 25.0 Å². The fourth-order valence-electron chi connectivity index (χ4n) is 2.24. The molecule has 1 aliphatic heterocycles. The van der Waals surface area contributed by atoms with Crippen LogP contribution in [-0.2, 0) is 9.53 Å². The first-order valence-corrected chi connectivity index (χ1v) is 7.04. The minimum absolute atomic E-state index is 0.0533. The van der Waals surface area contributed by atoms with Crippen LogP contribution < -0.4 is 20.5 Å². The van der Waals surface area contributed by atoms with Gasteiger partial charge in [0.1, 0.15) is 17.6 Å². The highest BCUT2D eigenvalue weighted by molar-refractivity contribution is 6.32. The summed E-state index contributed by atoms with van der Waals surface area (Å²) >= 11 is 6.03. The van der Waals surface area contributed by atoms with Crippen LogP contribution in [0, 0.1) is 0 Å². The number of hydrogen-bond acceptors (Lipinski definition) is 5. The molecular weight excluding hydrogens is 296 g/mol. The van der Waals surface area contributed by atoms with E-state index >= 15 is 0 Å². The Morgan fingerprint density at radius 1 is 1.38 bits per heavy atom. The van der Waals surface area contributed by atoms with Crippen molar-refractivity contribution >= 4 is 23.2 Å². The summed E-state index contributed by atoms with van der Waals surface area (Å²) in [6, 6.07) is 3.21. The van der Waals surface area contributed by atoms with Gasteiger partial charge < -0.3 is 25.3 Å². The minimum Gasteiger partial charge on any atom is -0.495 e. The normalized spacial score (nSPS) is 21.1. The first-order chi connectivity index (χ1) is 10.1. The maximum atomic E-state index is 12.2. The molecule has 1 aromatic carbocycles. The quantitative estimate of drug-likeness (QED) is 0.866. The molecule has 2 atom stereocenters. The maximum absolute atomic E-state index is 12.2.